The maximum atomic E-state index is 14.7. The Bertz CT molecular complexity index is 1400. The number of carbonyl (C=O) groups excluding carboxylic acids is 1. The van der Waals surface area contributed by atoms with Crippen molar-refractivity contribution in [3.8, 4) is 23.1 Å². The summed E-state index contributed by atoms with van der Waals surface area (Å²) in [5.74, 6) is -2.45. The van der Waals surface area contributed by atoms with E-state index in [1.165, 1.54) is 25.3 Å². The molecule has 0 radical (unpaired) electrons. The molecule has 3 aromatic rings. The zero-order valence-corrected chi connectivity index (χ0v) is 19.0. The van der Waals surface area contributed by atoms with Crippen molar-refractivity contribution in [3.63, 3.8) is 0 Å². The molecule has 0 N–H and O–H groups in total. The molecule has 0 aliphatic carbocycles. The van der Waals surface area contributed by atoms with Crippen molar-refractivity contribution >= 4 is 17.6 Å². The molecule has 186 valence electrons. The van der Waals surface area contributed by atoms with Gasteiger partial charge in [0.25, 0.3) is 11.4 Å². The number of pyridine rings is 1. The molecule has 0 aliphatic rings. The van der Waals surface area contributed by atoms with Gasteiger partial charge in [0.05, 0.1) is 17.8 Å². The number of methoxy groups -OCH3 is 1. The van der Waals surface area contributed by atoms with Crippen molar-refractivity contribution in [1.82, 2.24) is 14.1 Å². The minimum atomic E-state index is -4.99. The fourth-order valence-electron chi connectivity index (χ4n) is 2.94. The van der Waals surface area contributed by atoms with E-state index >= 15 is 0 Å². The molecule has 0 bridgehead atoms. The van der Waals surface area contributed by atoms with E-state index in [1.54, 1.807) is 0 Å². The predicted molar refractivity (Wildman–Crippen MR) is 114 cm³/mol. The molecule has 3 rings (SSSR count). The number of nitrogens with zero attached hydrogens (tertiary/aromatic N) is 3. The summed E-state index contributed by atoms with van der Waals surface area (Å²) in [5, 5.41) is -0.319. The average Bonchev–Trinajstić information content (AvgIpc) is 2.78. The third kappa shape index (κ3) is 5.29. The second kappa shape index (κ2) is 9.78. The Balaban J connectivity index is 2.09. The van der Waals surface area contributed by atoms with E-state index in [0.717, 1.165) is 20.2 Å². The van der Waals surface area contributed by atoms with E-state index in [0.29, 0.717) is 6.07 Å². The van der Waals surface area contributed by atoms with Crippen molar-refractivity contribution in [3.05, 3.63) is 73.9 Å². The van der Waals surface area contributed by atoms with Crippen LogP contribution in [0.1, 0.15) is 12.6 Å². The standard InChI is InChI=1S/C21H16ClF4N3O6/c1-10(19(31)33-3)34-14-5-4-6-27-18(14)35-15-8-13(12(23)7-11(15)22)29-17(30)9-16(21(24,25)26)28(2)20(29)32/h4-10H,1-3H3. The van der Waals surface area contributed by atoms with Crippen molar-refractivity contribution in [1.29, 1.82) is 0 Å². The van der Waals surface area contributed by atoms with Gasteiger partial charge < -0.3 is 14.2 Å². The molecule has 0 amide bonds. The molecule has 0 spiro atoms. The zero-order valence-electron chi connectivity index (χ0n) is 18.2. The van der Waals surface area contributed by atoms with Crippen molar-refractivity contribution in [2.75, 3.05) is 7.11 Å². The van der Waals surface area contributed by atoms with Crippen LogP contribution in [0.5, 0.6) is 17.4 Å². The Morgan fingerprint density at radius 1 is 1.17 bits per heavy atom. The summed E-state index contributed by atoms with van der Waals surface area (Å²) in [4.78, 5) is 40.5. The van der Waals surface area contributed by atoms with Crippen molar-refractivity contribution in [2.45, 2.75) is 19.2 Å². The van der Waals surface area contributed by atoms with Gasteiger partial charge in [-0.15, -0.1) is 0 Å². The van der Waals surface area contributed by atoms with Gasteiger partial charge in [-0.05, 0) is 25.1 Å². The maximum absolute atomic E-state index is 14.7. The number of benzene rings is 1. The summed E-state index contributed by atoms with van der Waals surface area (Å²) in [6, 6.07) is 4.58. The molecule has 0 saturated carbocycles. The van der Waals surface area contributed by atoms with E-state index < -0.39 is 46.7 Å². The van der Waals surface area contributed by atoms with Gasteiger partial charge in [-0.3, -0.25) is 9.36 Å². The SMILES string of the molecule is COC(=O)C(C)Oc1cccnc1Oc1cc(-n2c(=O)cc(C(F)(F)F)n(C)c2=O)c(F)cc1Cl. The Hall–Kier alpha value is -3.87. The average molecular weight is 518 g/mol. The number of halogens is 5. The number of aromatic nitrogens is 3. The molecule has 9 nitrogen and oxygen atoms in total. The first-order valence-electron chi connectivity index (χ1n) is 9.62. The summed E-state index contributed by atoms with van der Waals surface area (Å²) in [6.45, 7) is 1.40. The van der Waals surface area contributed by atoms with E-state index in [-0.39, 0.29) is 37.6 Å². The van der Waals surface area contributed by atoms with Gasteiger partial charge in [-0.1, -0.05) is 11.6 Å². The van der Waals surface area contributed by atoms with Gasteiger partial charge in [0, 0.05) is 25.4 Å². The van der Waals surface area contributed by atoms with Crippen LogP contribution in [0.15, 0.2) is 46.1 Å². The molecule has 1 atom stereocenters. The van der Waals surface area contributed by atoms with Crippen molar-refractivity contribution < 1.29 is 36.6 Å². The molecule has 1 unspecified atom stereocenters. The molecule has 0 fully saturated rings. The third-order valence-corrected chi connectivity index (χ3v) is 4.93. The van der Waals surface area contributed by atoms with Gasteiger partial charge in [0.2, 0.25) is 0 Å². The second-order valence-electron chi connectivity index (χ2n) is 6.97. The highest BCUT2D eigenvalue weighted by molar-refractivity contribution is 6.32. The van der Waals surface area contributed by atoms with Crippen LogP contribution in [-0.4, -0.2) is 33.3 Å². The highest BCUT2D eigenvalue weighted by Crippen LogP contribution is 2.36. The Morgan fingerprint density at radius 3 is 2.49 bits per heavy atom. The third-order valence-electron chi connectivity index (χ3n) is 4.63. The van der Waals surface area contributed by atoms with E-state index in [2.05, 4.69) is 9.72 Å². The lowest BCUT2D eigenvalue weighted by atomic mass is 10.2. The Kier molecular flexibility index (Phi) is 7.19. The first kappa shape index (κ1) is 25.7. The highest BCUT2D eigenvalue weighted by Gasteiger charge is 2.35. The minimum Gasteiger partial charge on any atom is -0.473 e. The molecule has 1 aromatic carbocycles. The topological polar surface area (TPSA) is 102 Å². The van der Waals surface area contributed by atoms with Crippen LogP contribution in [0, 0.1) is 5.82 Å². The van der Waals surface area contributed by atoms with Crippen LogP contribution in [-0.2, 0) is 22.8 Å². The Morgan fingerprint density at radius 2 is 1.86 bits per heavy atom. The van der Waals surface area contributed by atoms with Gasteiger partial charge in [-0.25, -0.2) is 23.5 Å². The second-order valence-corrected chi connectivity index (χ2v) is 7.38. The van der Waals surface area contributed by atoms with Crippen LogP contribution in [0.25, 0.3) is 5.69 Å². The maximum Gasteiger partial charge on any atom is 0.431 e. The lowest BCUT2D eigenvalue weighted by Gasteiger charge is -2.17. The monoisotopic (exact) mass is 517 g/mol. The normalized spacial score (nSPS) is 12.2. The summed E-state index contributed by atoms with van der Waals surface area (Å²) in [6.07, 6.45) is -4.74. The Labute approximate surface area is 199 Å². The van der Waals surface area contributed by atoms with E-state index in [1.807, 2.05) is 0 Å². The van der Waals surface area contributed by atoms with Gasteiger partial charge in [0.1, 0.15) is 11.5 Å². The molecule has 0 aliphatic heterocycles. The lowest BCUT2D eigenvalue weighted by Crippen LogP contribution is -2.41. The molecule has 0 saturated heterocycles. The van der Waals surface area contributed by atoms with E-state index in [9.17, 15) is 31.9 Å². The molecular formula is C21H16ClF4N3O6. The number of rotatable bonds is 6. The number of carbonyl (C=O) groups is 1. The number of alkyl halides is 3. The first-order valence-corrected chi connectivity index (χ1v) is 10.00. The van der Waals surface area contributed by atoms with Gasteiger partial charge in [0.15, 0.2) is 17.6 Å². The van der Waals surface area contributed by atoms with Crippen LogP contribution in [0.2, 0.25) is 5.02 Å². The highest BCUT2D eigenvalue weighted by atomic mass is 35.5. The molecular weight excluding hydrogens is 502 g/mol. The smallest absolute Gasteiger partial charge is 0.431 e. The quantitative estimate of drug-likeness (QED) is 0.364. The lowest BCUT2D eigenvalue weighted by molar-refractivity contribution is -0.148. The van der Waals surface area contributed by atoms with Gasteiger partial charge in [-0.2, -0.15) is 13.2 Å². The molecule has 2 aromatic heterocycles. The summed E-state index contributed by atoms with van der Waals surface area (Å²) in [7, 11) is 1.95. The number of hydrogen-bond acceptors (Lipinski definition) is 7. The van der Waals surface area contributed by atoms with Crippen LogP contribution in [0.4, 0.5) is 17.6 Å². The first-order chi connectivity index (χ1) is 16.3. The summed E-state index contributed by atoms with van der Waals surface area (Å²) < 4.78 is 70.0. The van der Waals surface area contributed by atoms with Crippen LogP contribution in [0.3, 0.4) is 0 Å². The van der Waals surface area contributed by atoms with Gasteiger partial charge >= 0.3 is 17.8 Å². The largest absolute Gasteiger partial charge is 0.473 e. The molecule has 2 heterocycles. The van der Waals surface area contributed by atoms with Crippen LogP contribution < -0.4 is 20.7 Å². The molecule has 14 heteroatoms. The number of esters is 1. The van der Waals surface area contributed by atoms with E-state index in [4.69, 9.17) is 21.1 Å². The number of ether oxygens (including phenoxy) is 3. The fraction of sp³-hybridized carbons (Fsp3) is 0.238. The molecule has 35 heavy (non-hydrogen) atoms. The number of hydrogen-bond donors (Lipinski definition) is 0. The minimum absolute atomic E-state index is 0.0325. The summed E-state index contributed by atoms with van der Waals surface area (Å²) >= 11 is 6.04. The predicted octanol–water partition coefficient (Wildman–Crippen LogP) is 3.48. The summed E-state index contributed by atoms with van der Waals surface area (Å²) in [5.41, 5.74) is -5.11. The fourth-order valence-corrected chi connectivity index (χ4v) is 3.13. The van der Waals surface area contributed by atoms with Crippen molar-refractivity contribution in [2.24, 2.45) is 7.05 Å². The zero-order chi connectivity index (χ0) is 26.1. The van der Waals surface area contributed by atoms with Crippen LogP contribution >= 0.6 is 11.6 Å².